The summed E-state index contributed by atoms with van der Waals surface area (Å²) in [7, 11) is -1.65. The number of nitrogens with two attached hydrogens (primary N) is 2. The van der Waals surface area contributed by atoms with Crippen LogP contribution in [0.1, 0.15) is 49.0 Å². The SMILES string of the molecule is NCCCCC(NC(=O)C(N)CCCCNC(=O)c1ccc(B(O)O)cn1)C(=O)O. The van der Waals surface area contributed by atoms with Crippen LogP contribution in [-0.2, 0) is 9.59 Å². The van der Waals surface area contributed by atoms with Crippen molar-refractivity contribution in [1.82, 2.24) is 15.6 Å². The minimum atomic E-state index is -1.65. The summed E-state index contributed by atoms with van der Waals surface area (Å²) in [6, 6.07) is 0.956. The van der Waals surface area contributed by atoms with Crippen molar-refractivity contribution in [2.75, 3.05) is 13.1 Å². The molecule has 0 fully saturated rings. The zero-order chi connectivity index (χ0) is 22.5. The van der Waals surface area contributed by atoms with Crippen LogP contribution in [0.15, 0.2) is 18.3 Å². The van der Waals surface area contributed by atoms with Gasteiger partial charge in [0.1, 0.15) is 11.7 Å². The van der Waals surface area contributed by atoms with Crippen molar-refractivity contribution in [3.05, 3.63) is 24.0 Å². The first-order valence-corrected chi connectivity index (χ1v) is 9.85. The Hall–Kier alpha value is -2.54. The Balaban J connectivity index is 2.29. The van der Waals surface area contributed by atoms with E-state index < -0.39 is 37.0 Å². The Morgan fingerprint density at radius 1 is 1.10 bits per heavy atom. The van der Waals surface area contributed by atoms with Crippen molar-refractivity contribution in [1.29, 1.82) is 0 Å². The Morgan fingerprint density at radius 3 is 2.37 bits per heavy atom. The van der Waals surface area contributed by atoms with Gasteiger partial charge in [0.15, 0.2) is 0 Å². The van der Waals surface area contributed by atoms with Crippen molar-refractivity contribution in [2.45, 2.75) is 50.6 Å². The van der Waals surface area contributed by atoms with Gasteiger partial charge in [0.2, 0.25) is 5.91 Å². The molecule has 1 rings (SSSR count). The topological polar surface area (TPSA) is 201 Å². The summed E-state index contributed by atoms with van der Waals surface area (Å²) < 4.78 is 0. The Labute approximate surface area is 175 Å². The maximum absolute atomic E-state index is 12.1. The first-order valence-electron chi connectivity index (χ1n) is 9.85. The molecular weight excluding hydrogens is 393 g/mol. The van der Waals surface area contributed by atoms with Crippen molar-refractivity contribution in [2.24, 2.45) is 11.5 Å². The first kappa shape index (κ1) is 25.5. The van der Waals surface area contributed by atoms with Crippen LogP contribution in [-0.4, -0.2) is 70.2 Å². The normalized spacial score (nSPS) is 12.7. The molecule has 0 bridgehead atoms. The fourth-order valence-electron chi connectivity index (χ4n) is 2.63. The molecule has 1 aromatic rings. The average molecular weight is 423 g/mol. The highest BCUT2D eigenvalue weighted by Gasteiger charge is 2.22. The van der Waals surface area contributed by atoms with Crippen LogP contribution in [0.2, 0.25) is 0 Å². The molecule has 0 aliphatic rings. The molecule has 0 radical (unpaired) electrons. The van der Waals surface area contributed by atoms with Gasteiger partial charge in [0.05, 0.1) is 6.04 Å². The number of nitrogens with zero attached hydrogens (tertiary/aromatic N) is 1. The molecule has 2 amide bonds. The standard InChI is InChI=1S/C18H30BN5O6/c20-9-3-1-6-15(18(27)28)24-16(25)13(21)5-2-4-10-22-17(26)14-8-7-12(11-23-14)19(29)30/h7-8,11,13,15,29-30H,1-6,9-10,20-21H2,(H,22,26)(H,24,25)(H,27,28). The van der Waals surface area contributed by atoms with Crippen LogP contribution in [0.3, 0.4) is 0 Å². The molecule has 1 heterocycles. The summed E-state index contributed by atoms with van der Waals surface area (Å²) in [6.45, 7) is 0.805. The second-order valence-corrected chi connectivity index (χ2v) is 6.89. The highest BCUT2D eigenvalue weighted by molar-refractivity contribution is 6.58. The van der Waals surface area contributed by atoms with E-state index >= 15 is 0 Å². The number of hydrogen-bond donors (Lipinski definition) is 7. The maximum Gasteiger partial charge on any atom is 0.490 e. The van der Waals surface area contributed by atoms with Crippen LogP contribution in [0.4, 0.5) is 0 Å². The average Bonchev–Trinajstić information content (AvgIpc) is 2.72. The van der Waals surface area contributed by atoms with E-state index in [0.717, 1.165) is 0 Å². The number of pyridine rings is 1. The van der Waals surface area contributed by atoms with Gasteiger partial charge in [-0.3, -0.25) is 14.6 Å². The molecule has 1 aromatic heterocycles. The minimum Gasteiger partial charge on any atom is -0.480 e. The van der Waals surface area contributed by atoms with E-state index in [1.807, 2.05) is 0 Å². The van der Waals surface area contributed by atoms with E-state index in [1.54, 1.807) is 0 Å². The van der Waals surface area contributed by atoms with E-state index in [9.17, 15) is 19.5 Å². The molecular formula is C18H30BN5O6. The fraction of sp³-hybridized carbons (Fsp3) is 0.556. The molecule has 9 N–H and O–H groups in total. The fourth-order valence-corrected chi connectivity index (χ4v) is 2.63. The summed E-state index contributed by atoms with van der Waals surface area (Å²) in [5, 5.41) is 32.3. The number of hydrogen-bond acceptors (Lipinski definition) is 8. The van der Waals surface area contributed by atoms with E-state index in [4.69, 9.17) is 21.5 Å². The third-order valence-corrected chi connectivity index (χ3v) is 4.44. The van der Waals surface area contributed by atoms with E-state index in [2.05, 4.69) is 15.6 Å². The van der Waals surface area contributed by atoms with Crippen LogP contribution in [0.5, 0.6) is 0 Å². The molecule has 0 saturated heterocycles. The van der Waals surface area contributed by atoms with Gasteiger partial charge >= 0.3 is 13.1 Å². The number of amides is 2. The zero-order valence-corrected chi connectivity index (χ0v) is 16.8. The van der Waals surface area contributed by atoms with Crippen LogP contribution in [0, 0.1) is 0 Å². The Morgan fingerprint density at radius 2 is 1.80 bits per heavy atom. The lowest BCUT2D eigenvalue weighted by molar-refractivity contribution is -0.142. The number of carboxylic acid groups (broad SMARTS) is 1. The van der Waals surface area contributed by atoms with Crippen molar-refractivity contribution in [3.8, 4) is 0 Å². The lowest BCUT2D eigenvalue weighted by atomic mass is 9.82. The van der Waals surface area contributed by atoms with Crippen LogP contribution >= 0.6 is 0 Å². The van der Waals surface area contributed by atoms with Gasteiger partial charge in [0.25, 0.3) is 5.91 Å². The van der Waals surface area contributed by atoms with Gasteiger partial charge in [-0.1, -0.05) is 6.07 Å². The summed E-state index contributed by atoms with van der Waals surface area (Å²) in [6.07, 6.45) is 4.25. The maximum atomic E-state index is 12.1. The van der Waals surface area contributed by atoms with Gasteiger partial charge in [-0.2, -0.15) is 0 Å². The van der Waals surface area contributed by atoms with E-state index in [1.165, 1.54) is 18.3 Å². The number of aromatic nitrogens is 1. The number of carboxylic acids is 1. The summed E-state index contributed by atoms with van der Waals surface area (Å²) in [4.78, 5) is 39.1. The minimum absolute atomic E-state index is 0.143. The number of unbranched alkanes of at least 4 members (excludes halogenated alkanes) is 2. The molecule has 12 heteroatoms. The van der Waals surface area contributed by atoms with Gasteiger partial charge in [-0.25, -0.2) is 4.79 Å². The summed E-state index contributed by atoms with van der Waals surface area (Å²) in [5.74, 6) is -2.03. The van der Waals surface area contributed by atoms with Gasteiger partial charge in [-0.05, 0) is 51.1 Å². The van der Waals surface area contributed by atoms with Gasteiger partial charge in [0, 0.05) is 18.2 Å². The Kier molecular flexibility index (Phi) is 11.6. The number of carbonyl (C=O) groups excluding carboxylic acids is 2. The Bertz CT molecular complexity index is 688. The summed E-state index contributed by atoms with van der Waals surface area (Å²) in [5.41, 5.74) is 11.5. The smallest absolute Gasteiger partial charge is 0.480 e. The van der Waals surface area contributed by atoms with Crippen LogP contribution in [0.25, 0.3) is 0 Å². The number of aliphatic carboxylic acids is 1. The molecule has 30 heavy (non-hydrogen) atoms. The third-order valence-electron chi connectivity index (χ3n) is 4.44. The molecule has 166 valence electrons. The van der Waals surface area contributed by atoms with Crippen molar-refractivity contribution in [3.63, 3.8) is 0 Å². The first-order chi connectivity index (χ1) is 14.3. The van der Waals surface area contributed by atoms with Crippen molar-refractivity contribution < 1.29 is 29.5 Å². The highest BCUT2D eigenvalue weighted by atomic mass is 16.4. The second kappa shape index (κ2) is 13.6. The molecule has 0 aliphatic heterocycles. The number of rotatable bonds is 14. The third kappa shape index (κ3) is 9.31. The quantitative estimate of drug-likeness (QED) is 0.127. The van der Waals surface area contributed by atoms with E-state index in [-0.39, 0.29) is 11.2 Å². The van der Waals surface area contributed by atoms with Crippen LogP contribution < -0.4 is 27.6 Å². The highest BCUT2D eigenvalue weighted by Crippen LogP contribution is 2.04. The molecule has 0 spiro atoms. The van der Waals surface area contributed by atoms with Crippen molar-refractivity contribution >= 4 is 30.4 Å². The van der Waals surface area contributed by atoms with Gasteiger partial charge in [-0.15, -0.1) is 0 Å². The monoisotopic (exact) mass is 423 g/mol. The second-order valence-electron chi connectivity index (χ2n) is 6.89. The largest absolute Gasteiger partial charge is 0.490 e. The molecule has 2 atom stereocenters. The number of carbonyl (C=O) groups is 3. The molecule has 0 aliphatic carbocycles. The molecule has 2 unspecified atom stereocenters. The predicted octanol–water partition coefficient (Wildman–Crippen LogP) is -2.31. The van der Waals surface area contributed by atoms with E-state index in [0.29, 0.717) is 51.6 Å². The molecule has 0 aromatic carbocycles. The number of nitrogens with one attached hydrogen (secondary N) is 2. The molecule has 11 nitrogen and oxygen atoms in total. The van der Waals surface area contributed by atoms with Gasteiger partial charge < -0.3 is 37.3 Å². The predicted molar refractivity (Wildman–Crippen MR) is 111 cm³/mol. The zero-order valence-electron chi connectivity index (χ0n) is 16.8. The summed E-state index contributed by atoms with van der Waals surface area (Å²) >= 11 is 0. The lowest BCUT2D eigenvalue weighted by Crippen LogP contribution is -2.48. The lowest BCUT2D eigenvalue weighted by Gasteiger charge is -2.17. The molecule has 0 saturated carbocycles.